The number of hydrogen-bond donors (Lipinski definition) is 2. The zero-order chi connectivity index (χ0) is 14.9. The van der Waals surface area contributed by atoms with Gasteiger partial charge in [0, 0.05) is 25.4 Å². The van der Waals surface area contributed by atoms with Crippen LogP contribution in [0.5, 0.6) is 0 Å². The van der Waals surface area contributed by atoms with E-state index in [1.54, 1.807) is 0 Å². The van der Waals surface area contributed by atoms with Crippen LogP contribution < -0.4 is 11.3 Å². The van der Waals surface area contributed by atoms with Crippen molar-refractivity contribution >= 4 is 5.91 Å². The monoisotopic (exact) mass is 297 g/mol. The number of carbonyl (C=O) groups is 1. The molecule has 3 aliphatic rings. The topological polar surface area (TPSA) is 76.8 Å². The molecule has 1 aliphatic carbocycles. The Bertz CT molecular complexity index is 384. The van der Waals surface area contributed by atoms with Crippen molar-refractivity contribution in [3.8, 4) is 0 Å². The van der Waals surface area contributed by atoms with Gasteiger partial charge in [-0.25, -0.2) is 5.84 Å². The van der Waals surface area contributed by atoms with Crippen LogP contribution in [0.15, 0.2) is 0 Å². The Labute approximate surface area is 126 Å². The largest absolute Gasteiger partial charge is 0.348 e. The van der Waals surface area contributed by atoms with Crippen molar-refractivity contribution in [3.05, 3.63) is 0 Å². The molecular formula is C15H27N3O3. The van der Waals surface area contributed by atoms with Gasteiger partial charge in [-0.1, -0.05) is 6.92 Å². The lowest BCUT2D eigenvalue weighted by Crippen LogP contribution is -2.57. The van der Waals surface area contributed by atoms with Crippen LogP contribution in [0.3, 0.4) is 0 Å². The average Bonchev–Trinajstić information content (AvgIpc) is 2.94. The van der Waals surface area contributed by atoms with E-state index in [1.165, 1.54) is 0 Å². The van der Waals surface area contributed by atoms with E-state index in [9.17, 15) is 4.79 Å². The molecule has 0 bridgehead atoms. The molecule has 1 saturated carbocycles. The minimum absolute atomic E-state index is 0.0145. The molecular weight excluding hydrogens is 270 g/mol. The van der Waals surface area contributed by atoms with Crippen LogP contribution in [0.4, 0.5) is 0 Å². The summed E-state index contributed by atoms with van der Waals surface area (Å²) in [6.45, 7) is 5.46. The average molecular weight is 297 g/mol. The summed E-state index contributed by atoms with van der Waals surface area (Å²) in [6, 6.07) is 0.560. The van der Waals surface area contributed by atoms with Crippen molar-refractivity contribution in [1.29, 1.82) is 0 Å². The van der Waals surface area contributed by atoms with E-state index in [-0.39, 0.29) is 17.6 Å². The van der Waals surface area contributed by atoms with E-state index in [2.05, 4.69) is 17.2 Å². The van der Waals surface area contributed by atoms with Gasteiger partial charge in [0.25, 0.3) is 0 Å². The number of piperidine rings is 1. The highest BCUT2D eigenvalue weighted by Crippen LogP contribution is 2.45. The molecule has 120 valence electrons. The molecule has 3 fully saturated rings. The third kappa shape index (κ3) is 2.95. The zero-order valence-corrected chi connectivity index (χ0v) is 12.8. The Balaban J connectivity index is 1.74. The van der Waals surface area contributed by atoms with Gasteiger partial charge in [0.15, 0.2) is 5.79 Å². The van der Waals surface area contributed by atoms with Crippen molar-refractivity contribution in [2.24, 2.45) is 17.7 Å². The molecule has 0 aromatic carbocycles. The van der Waals surface area contributed by atoms with Gasteiger partial charge in [0.2, 0.25) is 5.91 Å². The van der Waals surface area contributed by atoms with Crippen molar-refractivity contribution in [1.82, 2.24) is 10.3 Å². The van der Waals surface area contributed by atoms with Gasteiger partial charge in [-0.05, 0) is 31.7 Å². The van der Waals surface area contributed by atoms with Crippen molar-refractivity contribution in [3.63, 3.8) is 0 Å². The molecule has 0 unspecified atom stereocenters. The minimum Gasteiger partial charge on any atom is -0.348 e. The number of hydrazine groups is 1. The number of ether oxygens (including phenoxy) is 2. The number of carbonyl (C=O) groups excluding carboxylic acids is 1. The SMILES string of the molecule is CCCN1C[C@@H](C(=O)NN)C[C@@H]2CC3(CC[C@H]21)OCCO3. The van der Waals surface area contributed by atoms with Crippen LogP contribution in [-0.4, -0.2) is 48.9 Å². The molecule has 21 heavy (non-hydrogen) atoms. The fourth-order valence-electron chi connectivity index (χ4n) is 4.43. The van der Waals surface area contributed by atoms with Crippen molar-refractivity contribution in [2.45, 2.75) is 50.9 Å². The number of amides is 1. The first-order valence-electron chi connectivity index (χ1n) is 8.20. The fourth-order valence-corrected chi connectivity index (χ4v) is 4.43. The molecule has 1 amide bonds. The number of rotatable bonds is 3. The Kier molecular flexibility index (Phi) is 4.49. The first-order chi connectivity index (χ1) is 10.2. The number of likely N-dealkylation sites (tertiary alicyclic amines) is 1. The third-order valence-corrected chi connectivity index (χ3v) is 5.29. The van der Waals surface area contributed by atoms with Crippen molar-refractivity contribution < 1.29 is 14.3 Å². The molecule has 3 atom stereocenters. The van der Waals surface area contributed by atoms with Gasteiger partial charge in [0.05, 0.1) is 19.1 Å². The lowest BCUT2D eigenvalue weighted by atomic mass is 9.72. The summed E-state index contributed by atoms with van der Waals surface area (Å²) in [5.41, 5.74) is 2.33. The Morgan fingerprint density at radius 1 is 1.43 bits per heavy atom. The van der Waals surface area contributed by atoms with Gasteiger partial charge in [-0.15, -0.1) is 0 Å². The highest BCUT2D eigenvalue weighted by atomic mass is 16.7. The lowest BCUT2D eigenvalue weighted by Gasteiger charge is -2.50. The molecule has 3 N–H and O–H groups in total. The molecule has 2 heterocycles. The van der Waals surface area contributed by atoms with Crippen LogP contribution in [0.2, 0.25) is 0 Å². The van der Waals surface area contributed by atoms with E-state index in [4.69, 9.17) is 15.3 Å². The van der Waals surface area contributed by atoms with Crippen LogP contribution in [0.25, 0.3) is 0 Å². The summed E-state index contributed by atoms with van der Waals surface area (Å²) >= 11 is 0. The predicted molar refractivity (Wildman–Crippen MR) is 78.1 cm³/mol. The molecule has 0 radical (unpaired) electrons. The van der Waals surface area contributed by atoms with Crippen LogP contribution in [-0.2, 0) is 14.3 Å². The number of nitrogens with zero attached hydrogens (tertiary/aromatic N) is 1. The Morgan fingerprint density at radius 3 is 2.86 bits per heavy atom. The summed E-state index contributed by atoms with van der Waals surface area (Å²) < 4.78 is 11.8. The summed E-state index contributed by atoms with van der Waals surface area (Å²) in [7, 11) is 0. The Morgan fingerprint density at radius 2 is 2.19 bits per heavy atom. The smallest absolute Gasteiger partial charge is 0.238 e. The summed E-state index contributed by atoms with van der Waals surface area (Å²) in [5, 5.41) is 0. The molecule has 2 aliphatic heterocycles. The molecule has 0 aromatic heterocycles. The van der Waals surface area contributed by atoms with E-state index >= 15 is 0 Å². The number of fused-ring (bicyclic) bond motifs is 1. The fraction of sp³-hybridized carbons (Fsp3) is 0.933. The lowest BCUT2D eigenvalue weighted by molar-refractivity contribution is -0.203. The number of hydrogen-bond acceptors (Lipinski definition) is 5. The molecule has 3 rings (SSSR count). The number of nitrogens with two attached hydrogens (primary N) is 1. The first kappa shape index (κ1) is 15.2. The van der Waals surface area contributed by atoms with E-state index < -0.39 is 0 Å². The molecule has 2 saturated heterocycles. The zero-order valence-electron chi connectivity index (χ0n) is 12.8. The van der Waals surface area contributed by atoms with Gasteiger partial charge < -0.3 is 9.47 Å². The second-order valence-electron chi connectivity index (χ2n) is 6.61. The second kappa shape index (κ2) is 6.20. The van der Waals surface area contributed by atoms with Crippen LogP contribution in [0.1, 0.15) is 39.0 Å². The minimum atomic E-state index is -0.375. The maximum atomic E-state index is 12.0. The quantitative estimate of drug-likeness (QED) is 0.454. The van der Waals surface area contributed by atoms with E-state index in [0.717, 1.165) is 45.2 Å². The van der Waals surface area contributed by atoms with E-state index in [0.29, 0.717) is 25.2 Å². The van der Waals surface area contributed by atoms with Gasteiger partial charge >= 0.3 is 0 Å². The van der Waals surface area contributed by atoms with E-state index in [1.807, 2.05) is 0 Å². The second-order valence-corrected chi connectivity index (χ2v) is 6.61. The van der Waals surface area contributed by atoms with Gasteiger partial charge in [-0.2, -0.15) is 0 Å². The first-order valence-corrected chi connectivity index (χ1v) is 8.20. The normalized spacial score (nSPS) is 35.6. The standard InChI is InChI=1S/C15H27N3O3/c1-2-5-18-10-12(14(19)17-16)8-11-9-15(4-3-13(11)18)20-6-7-21-15/h11-13H,2-10,16H2,1H3,(H,17,19)/t11-,12+,13-/m1/s1. The van der Waals surface area contributed by atoms with Gasteiger partial charge in [0.1, 0.15) is 0 Å². The maximum Gasteiger partial charge on any atom is 0.238 e. The summed E-state index contributed by atoms with van der Waals surface area (Å²) in [4.78, 5) is 14.5. The molecule has 6 heteroatoms. The number of nitrogens with one attached hydrogen (secondary N) is 1. The molecule has 1 spiro atoms. The van der Waals surface area contributed by atoms with Crippen molar-refractivity contribution in [2.75, 3.05) is 26.3 Å². The molecule has 6 nitrogen and oxygen atoms in total. The highest BCUT2D eigenvalue weighted by Gasteiger charge is 2.49. The maximum absolute atomic E-state index is 12.0. The third-order valence-electron chi connectivity index (χ3n) is 5.29. The van der Waals surface area contributed by atoms with Crippen LogP contribution >= 0.6 is 0 Å². The van der Waals surface area contributed by atoms with Gasteiger partial charge in [-0.3, -0.25) is 15.1 Å². The van der Waals surface area contributed by atoms with Crippen LogP contribution in [0, 0.1) is 11.8 Å². The predicted octanol–water partition coefficient (Wildman–Crippen LogP) is 0.620. The highest BCUT2D eigenvalue weighted by molar-refractivity contribution is 5.78. The Hall–Kier alpha value is -0.690. The molecule has 0 aromatic rings. The summed E-state index contributed by atoms with van der Waals surface area (Å²) in [5.74, 6) is 5.37. The summed E-state index contributed by atoms with van der Waals surface area (Å²) in [6.07, 6.45) is 4.98.